The maximum Gasteiger partial charge on any atom is 0.150 e. The summed E-state index contributed by atoms with van der Waals surface area (Å²) in [4.78, 5) is 4.58. The zero-order valence-corrected chi connectivity index (χ0v) is 16.1. The van der Waals surface area contributed by atoms with Gasteiger partial charge in [0.2, 0.25) is 0 Å². The number of rotatable bonds is 7. The van der Waals surface area contributed by atoms with Crippen LogP contribution in [0.3, 0.4) is 0 Å². The summed E-state index contributed by atoms with van der Waals surface area (Å²) in [5.74, 6) is 0.920. The fourth-order valence-electron chi connectivity index (χ4n) is 3.64. The summed E-state index contributed by atoms with van der Waals surface area (Å²) >= 11 is 0. The quantitative estimate of drug-likeness (QED) is 0.492. The third-order valence-corrected chi connectivity index (χ3v) is 4.81. The van der Waals surface area contributed by atoms with E-state index in [1.54, 1.807) is 0 Å². The Morgan fingerprint density at radius 3 is 2.52 bits per heavy atom. The van der Waals surface area contributed by atoms with Crippen molar-refractivity contribution in [3.8, 4) is 0 Å². The standard InChI is InChI=1S/C22H24N4.ClH/c23-13-15-25-22-21-19(12-14-24-22)18-10-4-5-11-20(18)26(21)16-6-9-17-7-2-1-3-8-17;/h1-5,7-8,10-12,14H,6,9,13,15-16,23H2,(H,24,25);1H. The van der Waals surface area contributed by atoms with Crippen molar-refractivity contribution in [1.82, 2.24) is 9.55 Å². The first kappa shape index (κ1) is 19.2. The molecule has 0 fully saturated rings. The number of nitrogens with two attached hydrogens (primary N) is 1. The van der Waals surface area contributed by atoms with E-state index in [2.05, 4.69) is 75.5 Å². The van der Waals surface area contributed by atoms with E-state index in [-0.39, 0.29) is 12.4 Å². The molecule has 0 atom stereocenters. The highest BCUT2D eigenvalue weighted by Gasteiger charge is 2.14. The minimum absolute atomic E-state index is 0. The predicted molar refractivity (Wildman–Crippen MR) is 117 cm³/mol. The van der Waals surface area contributed by atoms with Crippen molar-refractivity contribution in [2.75, 3.05) is 18.4 Å². The van der Waals surface area contributed by atoms with Crippen molar-refractivity contribution in [2.24, 2.45) is 5.73 Å². The predicted octanol–water partition coefficient (Wildman–Crippen LogP) is 4.61. The molecule has 0 amide bonds. The summed E-state index contributed by atoms with van der Waals surface area (Å²) in [5.41, 5.74) is 9.50. The second-order valence-electron chi connectivity index (χ2n) is 6.53. The lowest BCUT2D eigenvalue weighted by Gasteiger charge is -2.11. The molecule has 0 radical (unpaired) electrons. The van der Waals surface area contributed by atoms with E-state index >= 15 is 0 Å². The fraction of sp³-hybridized carbons (Fsp3) is 0.227. The van der Waals surface area contributed by atoms with E-state index in [4.69, 9.17) is 5.73 Å². The molecule has 0 unspecified atom stereocenters. The van der Waals surface area contributed by atoms with Gasteiger partial charge in [0.15, 0.2) is 5.82 Å². The highest BCUT2D eigenvalue weighted by Crippen LogP contribution is 2.32. The Hall–Kier alpha value is -2.56. The van der Waals surface area contributed by atoms with Crippen LogP contribution in [-0.4, -0.2) is 22.6 Å². The average Bonchev–Trinajstić information content (AvgIpc) is 3.02. The van der Waals surface area contributed by atoms with E-state index in [1.807, 2.05) is 6.20 Å². The molecule has 5 heteroatoms. The number of benzene rings is 2. The molecular formula is C22H25ClN4. The molecule has 27 heavy (non-hydrogen) atoms. The zero-order valence-electron chi connectivity index (χ0n) is 15.3. The van der Waals surface area contributed by atoms with Crippen molar-refractivity contribution >= 4 is 40.0 Å². The number of anilines is 1. The number of aromatic nitrogens is 2. The van der Waals surface area contributed by atoms with E-state index in [1.165, 1.54) is 27.4 Å². The summed E-state index contributed by atoms with van der Waals surface area (Å²) in [6.07, 6.45) is 4.03. The molecule has 0 bridgehead atoms. The third kappa shape index (κ3) is 3.92. The molecule has 0 spiro atoms. The Morgan fingerprint density at radius 2 is 1.70 bits per heavy atom. The van der Waals surface area contributed by atoms with Gasteiger partial charge in [0, 0.05) is 42.1 Å². The Morgan fingerprint density at radius 1 is 0.926 bits per heavy atom. The van der Waals surface area contributed by atoms with Gasteiger partial charge in [0.05, 0.1) is 5.52 Å². The third-order valence-electron chi connectivity index (χ3n) is 4.81. The van der Waals surface area contributed by atoms with Crippen molar-refractivity contribution in [3.05, 3.63) is 72.4 Å². The summed E-state index contributed by atoms with van der Waals surface area (Å²) in [7, 11) is 0. The van der Waals surface area contributed by atoms with Crippen LogP contribution in [0.25, 0.3) is 21.8 Å². The van der Waals surface area contributed by atoms with Crippen LogP contribution in [0.2, 0.25) is 0 Å². The van der Waals surface area contributed by atoms with Crippen LogP contribution in [0.15, 0.2) is 66.9 Å². The minimum Gasteiger partial charge on any atom is -0.367 e. The molecule has 0 aliphatic rings. The topological polar surface area (TPSA) is 55.9 Å². The van der Waals surface area contributed by atoms with E-state index in [9.17, 15) is 0 Å². The SMILES string of the molecule is Cl.NCCNc1nccc2c3ccccc3n(CCCc3ccccc3)c12. The normalized spacial score (nSPS) is 10.9. The van der Waals surface area contributed by atoms with Crippen LogP contribution in [0.1, 0.15) is 12.0 Å². The van der Waals surface area contributed by atoms with Gasteiger partial charge in [-0.3, -0.25) is 0 Å². The lowest BCUT2D eigenvalue weighted by molar-refractivity contribution is 0.677. The van der Waals surface area contributed by atoms with E-state index < -0.39 is 0 Å². The van der Waals surface area contributed by atoms with Crippen LogP contribution >= 0.6 is 12.4 Å². The second-order valence-corrected chi connectivity index (χ2v) is 6.53. The summed E-state index contributed by atoms with van der Waals surface area (Å²) in [5, 5.41) is 5.91. The second kappa shape index (κ2) is 8.89. The first-order chi connectivity index (χ1) is 12.9. The number of hydrogen-bond acceptors (Lipinski definition) is 3. The number of nitrogens with one attached hydrogen (secondary N) is 1. The number of pyridine rings is 1. The molecule has 140 valence electrons. The lowest BCUT2D eigenvalue weighted by Crippen LogP contribution is -2.14. The van der Waals surface area contributed by atoms with Gasteiger partial charge in [0.25, 0.3) is 0 Å². The Balaban J connectivity index is 0.00000210. The highest BCUT2D eigenvalue weighted by molar-refractivity contribution is 6.11. The van der Waals surface area contributed by atoms with Gasteiger partial charge >= 0.3 is 0 Å². The molecular weight excluding hydrogens is 356 g/mol. The van der Waals surface area contributed by atoms with Crippen molar-refractivity contribution < 1.29 is 0 Å². The zero-order chi connectivity index (χ0) is 17.8. The first-order valence-electron chi connectivity index (χ1n) is 9.22. The molecule has 2 heterocycles. The van der Waals surface area contributed by atoms with E-state index in [0.717, 1.165) is 31.7 Å². The molecule has 4 aromatic rings. The first-order valence-corrected chi connectivity index (χ1v) is 9.22. The van der Waals surface area contributed by atoms with Gasteiger partial charge in [-0.2, -0.15) is 0 Å². The average molecular weight is 381 g/mol. The van der Waals surface area contributed by atoms with Crippen LogP contribution in [0.4, 0.5) is 5.82 Å². The smallest absolute Gasteiger partial charge is 0.150 e. The number of aryl methyl sites for hydroxylation is 2. The van der Waals surface area contributed by atoms with Crippen LogP contribution in [0, 0.1) is 0 Å². The summed E-state index contributed by atoms with van der Waals surface area (Å²) in [6.45, 7) is 2.27. The maximum absolute atomic E-state index is 5.68. The minimum atomic E-state index is 0. The molecule has 3 N–H and O–H groups in total. The Bertz CT molecular complexity index is 1010. The molecule has 2 aromatic heterocycles. The van der Waals surface area contributed by atoms with Crippen molar-refractivity contribution in [1.29, 1.82) is 0 Å². The molecule has 4 rings (SSSR count). The van der Waals surface area contributed by atoms with Crippen LogP contribution < -0.4 is 11.1 Å². The number of fused-ring (bicyclic) bond motifs is 3. The molecule has 4 nitrogen and oxygen atoms in total. The summed E-state index contributed by atoms with van der Waals surface area (Å²) in [6, 6.07) is 21.4. The van der Waals surface area contributed by atoms with Crippen molar-refractivity contribution in [2.45, 2.75) is 19.4 Å². The van der Waals surface area contributed by atoms with E-state index in [0.29, 0.717) is 6.54 Å². The van der Waals surface area contributed by atoms with Gasteiger partial charge in [-0.25, -0.2) is 4.98 Å². The summed E-state index contributed by atoms with van der Waals surface area (Å²) < 4.78 is 2.40. The Labute approximate surface area is 165 Å². The maximum atomic E-state index is 5.68. The molecule has 0 aliphatic carbocycles. The number of nitrogens with zero attached hydrogens (tertiary/aromatic N) is 2. The number of hydrogen-bond donors (Lipinski definition) is 2. The number of halogens is 1. The Kier molecular flexibility index (Phi) is 6.32. The molecule has 0 saturated carbocycles. The number of para-hydroxylation sites is 1. The molecule has 0 aliphatic heterocycles. The monoisotopic (exact) mass is 380 g/mol. The highest BCUT2D eigenvalue weighted by atomic mass is 35.5. The van der Waals surface area contributed by atoms with Gasteiger partial charge in [-0.1, -0.05) is 48.5 Å². The van der Waals surface area contributed by atoms with Gasteiger partial charge in [-0.15, -0.1) is 12.4 Å². The van der Waals surface area contributed by atoms with Crippen LogP contribution in [-0.2, 0) is 13.0 Å². The van der Waals surface area contributed by atoms with Crippen molar-refractivity contribution in [3.63, 3.8) is 0 Å². The van der Waals surface area contributed by atoms with Crippen LogP contribution in [0.5, 0.6) is 0 Å². The fourth-order valence-corrected chi connectivity index (χ4v) is 3.64. The van der Waals surface area contributed by atoms with Gasteiger partial charge in [-0.05, 0) is 30.5 Å². The largest absolute Gasteiger partial charge is 0.367 e. The van der Waals surface area contributed by atoms with Gasteiger partial charge in [0.1, 0.15) is 0 Å². The van der Waals surface area contributed by atoms with Gasteiger partial charge < -0.3 is 15.6 Å². The molecule has 2 aromatic carbocycles. The molecule has 0 saturated heterocycles. The lowest BCUT2D eigenvalue weighted by atomic mass is 10.1.